The Hall–Kier alpha value is -1.09. The lowest BCUT2D eigenvalue weighted by atomic mass is 10.4. The fourth-order valence-corrected chi connectivity index (χ4v) is 2.00. The molecule has 0 aromatic carbocycles. The maximum atomic E-state index is 4.29. The van der Waals surface area contributed by atoms with Crippen LogP contribution in [0.3, 0.4) is 0 Å². The number of nitrogens with zero attached hydrogens (tertiary/aromatic N) is 2. The molecule has 0 amide bonds. The van der Waals surface area contributed by atoms with Gasteiger partial charge in [-0.25, -0.2) is 10.4 Å². The van der Waals surface area contributed by atoms with E-state index in [0.29, 0.717) is 0 Å². The Morgan fingerprint density at radius 3 is 3.25 bits per heavy atom. The van der Waals surface area contributed by atoms with Gasteiger partial charge in [-0.05, 0) is 0 Å². The van der Waals surface area contributed by atoms with E-state index in [1.54, 1.807) is 0 Å². The quantitative estimate of drug-likeness (QED) is 0.263. The van der Waals surface area contributed by atoms with Gasteiger partial charge in [0.05, 0.1) is 12.3 Å². The van der Waals surface area contributed by atoms with Crippen molar-refractivity contribution in [3.05, 3.63) is 23.1 Å². The first kappa shape index (κ1) is 7.55. The Morgan fingerprint density at radius 2 is 2.42 bits per heavy atom. The van der Waals surface area contributed by atoms with Crippen LogP contribution in [0.4, 0.5) is 0 Å². The number of aromatic nitrogens is 2. The Labute approximate surface area is 73.0 Å². The number of fused-ring (bicyclic) bond motifs is 1. The lowest BCUT2D eigenvalue weighted by Crippen LogP contribution is -2.42. The summed E-state index contributed by atoms with van der Waals surface area (Å²) >= 11 is 0. The largest absolute Gasteiger partial charge is 0.453 e. The van der Waals surface area contributed by atoms with Gasteiger partial charge < -0.3 is 10.1 Å². The van der Waals surface area contributed by atoms with Crippen molar-refractivity contribution in [1.82, 2.24) is 4.98 Å². The number of aryl methyl sites for hydroxylation is 1. The molecule has 1 aromatic heterocycles. The second-order valence-electron chi connectivity index (χ2n) is 2.77. The highest BCUT2D eigenvalue weighted by Crippen LogP contribution is 1.72. The van der Waals surface area contributed by atoms with Crippen molar-refractivity contribution >= 4 is 32.8 Å². The molecule has 0 radical (unpaired) electrons. The van der Waals surface area contributed by atoms with Crippen molar-refractivity contribution in [3.8, 4) is 0 Å². The maximum Gasteiger partial charge on any atom is 0.286 e. The average molecular weight is 178 g/mol. The van der Waals surface area contributed by atoms with E-state index in [9.17, 15) is 0 Å². The summed E-state index contributed by atoms with van der Waals surface area (Å²) in [7, 11) is 1.99. The van der Waals surface area contributed by atoms with Crippen molar-refractivity contribution in [3.63, 3.8) is 0 Å². The van der Waals surface area contributed by atoms with Gasteiger partial charge in [0.2, 0.25) is 0 Å². The summed E-state index contributed by atoms with van der Waals surface area (Å²) in [6, 6.07) is 0. The van der Waals surface area contributed by atoms with Gasteiger partial charge >= 0.3 is 0 Å². The number of rotatable bonds is 0. The van der Waals surface area contributed by atoms with E-state index >= 15 is 0 Å². The molecule has 62 valence electrons. The zero-order valence-corrected chi connectivity index (χ0v) is 7.71. The van der Waals surface area contributed by atoms with E-state index in [1.165, 1.54) is 5.22 Å². The monoisotopic (exact) mass is 178 g/mol. The summed E-state index contributed by atoms with van der Waals surface area (Å²) in [5.74, 6) is 3.96. The van der Waals surface area contributed by atoms with Crippen molar-refractivity contribution in [1.29, 1.82) is 0 Å². The molecule has 2 heterocycles. The number of hydrogen-bond donors (Lipinski definition) is 0. The standard InChI is InChI=1S/C9H10N2S/c1-11-5-8-3-4-12(2)6-9(8)10-7-11/h3-7H,2H2,1H3. The molecule has 2 nitrogen and oxygen atoms in total. The van der Waals surface area contributed by atoms with E-state index in [-0.39, 0.29) is 10.1 Å². The van der Waals surface area contributed by atoms with Gasteiger partial charge in [0, 0.05) is 0 Å². The molecule has 1 aliphatic heterocycles. The summed E-state index contributed by atoms with van der Waals surface area (Å²) in [5.41, 5.74) is 0. The fraction of sp³-hybridized carbons (Fsp3) is 0.111. The Balaban J connectivity index is 2.88. The highest BCUT2D eigenvalue weighted by molar-refractivity contribution is 8.00. The van der Waals surface area contributed by atoms with Crippen LogP contribution in [0.15, 0.2) is 12.5 Å². The molecular weight excluding hydrogens is 168 g/mol. The molecule has 0 saturated heterocycles. The predicted octanol–water partition coefficient (Wildman–Crippen LogP) is -1.71. The Bertz CT molecular complexity index is 508. The Kier molecular flexibility index (Phi) is 1.73. The lowest BCUT2D eigenvalue weighted by Gasteiger charge is -2.01. The minimum Gasteiger partial charge on any atom is -0.453 e. The van der Waals surface area contributed by atoms with E-state index in [4.69, 9.17) is 0 Å². The summed E-state index contributed by atoms with van der Waals surface area (Å²) in [6.45, 7) is 0. The lowest BCUT2D eigenvalue weighted by molar-refractivity contribution is -0.675. The van der Waals surface area contributed by atoms with E-state index in [1.807, 2.05) is 17.9 Å². The maximum absolute atomic E-state index is 4.29. The molecule has 0 atom stereocenters. The highest BCUT2D eigenvalue weighted by atomic mass is 32.2. The van der Waals surface area contributed by atoms with Crippen LogP contribution in [-0.4, -0.2) is 16.2 Å². The molecule has 3 heteroatoms. The van der Waals surface area contributed by atoms with Crippen LogP contribution in [0.2, 0.25) is 0 Å². The zero-order valence-electron chi connectivity index (χ0n) is 6.90. The molecule has 0 bridgehead atoms. The second-order valence-corrected chi connectivity index (χ2v) is 4.22. The third kappa shape index (κ3) is 1.28. The topological polar surface area (TPSA) is 16.8 Å². The summed E-state index contributed by atoms with van der Waals surface area (Å²) in [4.78, 5) is 4.29. The molecule has 0 spiro atoms. The molecule has 0 unspecified atom stereocenters. The van der Waals surface area contributed by atoms with Gasteiger partial charge in [-0.3, -0.25) is 0 Å². The summed E-state index contributed by atoms with van der Waals surface area (Å²) < 4.78 is 1.95. The van der Waals surface area contributed by atoms with Gasteiger partial charge in [0.15, 0.2) is 5.35 Å². The zero-order chi connectivity index (χ0) is 8.55. The average Bonchev–Trinajstić information content (AvgIpc) is 2.05. The molecular formula is C9H10N2S. The first-order valence-corrected chi connectivity index (χ1v) is 5.18. The van der Waals surface area contributed by atoms with Crippen LogP contribution in [0, 0.1) is 0 Å². The van der Waals surface area contributed by atoms with Crippen LogP contribution in [0.25, 0.3) is 11.5 Å². The van der Waals surface area contributed by atoms with Crippen LogP contribution in [-0.2, 0) is 17.1 Å². The second kappa shape index (κ2) is 2.75. The van der Waals surface area contributed by atoms with Gasteiger partial charge in [-0.1, -0.05) is 11.1 Å². The van der Waals surface area contributed by atoms with Crippen LogP contribution in [0.5, 0.6) is 0 Å². The van der Waals surface area contributed by atoms with Crippen molar-refractivity contribution < 1.29 is 4.57 Å². The first-order valence-electron chi connectivity index (χ1n) is 3.65. The molecule has 0 N–H and O–H groups in total. The third-order valence-corrected chi connectivity index (χ3v) is 2.71. The predicted molar refractivity (Wildman–Crippen MR) is 54.1 cm³/mol. The van der Waals surface area contributed by atoms with Gasteiger partial charge in [0.1, 0.15) is 6.20 Å². The minimum atomic E-state index is 0.0145. The third-order valence-electron chi connectivity index (χ3n) is 1.70. The molecule has 1 aromatic rings. The van der Waals surface area contributed by atoms with Crippen LogP contribution in [0.1, 0.15) is 0 Å². The molecule has 0 fully saturated rings. The van der Waals surface area contributed by atoms with E-state index < -0.39 is 0 Å². The summed E-state index contributed by atoms with van der Waals surface area (Å²) in [5, 5.41) is 6.42. The normalized spacial score (nSPS) is 15.4. The smallest absolute Gasteiger partial charge is 0.286 e. The van der Waals surface area contributed by atoms with E-state index in [2.05, 4.69) is 33.9 Å². The Morgan fingerprint density at radius 1 is 1.58 bits per heavy atom. The molecule has 12 heavy (non-hydrogen) atoms. The van der Waals surface area contributed by atoms with Crippen LogP contribution >= 0.6 is 0 Å². The van der Waals surface area contributed by atoms with Crippen molar-refractivity contribution in [2.24, 2.45) is 7.05 Å². The van der Waals surface area contributed by atoms with Gasteiger partial charge in [-0.15, -0.1) is 5.41 Å². The minimum absolute atomic E-state index is 0.0145. The van der Waals surface area contributed by atoms with Crippen LogP contribution < -0.4 is 15.1 Å². The van der Waals surface area contributed by atoms with Crippen molar-refractivity contribution in [2.45, 2.75) is 0 Å². The molecule has 0 saturated carbocycles. The summed E-state index contributed by atoms with van der Waals surface area (Å²) in [6.07, 6.45) is 5.95. The van der Waals surface area contributed by atoms with E-state index in [0.717, 1.165) is 5.35 Å². The molecule has 2 rings (SSSR count). The van der Waals surface area contributed by atoms with Gasteiger partial charge in [-0.2, -0.15) is 5.37 Å². The SMILES string of the molecule is C=[S-]1=CC=c2c[n+](C)cnc2=C1. The fourth-order valence-electron chi connectivity index (χ4n) is 1.12. The number of hydrogen-bond acceptors (Lipinski definition) is 2. The van der Waals surface area contributed by atoms with Crippen molar-refractivity contribution in [2.75, 3.05) is 0 Å². The highest BCUT2D eigenvalue weighted by Gasteiger charge is 1.93. The first-order chi connectivity index (χ1) is 5.75. The molecule has 0 aliphatic carbocycles. The van der Waals surface area contributed by atoms with Gasteiger partial charge in [0.25, 0.3) is 6.33 Å². The molecule has 1 aliphatic rings.